The van der Waals surface area contributed by atoms with Crippen molar-refractivity contribution < 1.29 is 0 Å². The van der Waals surface area contributed by atoms with Crippen LogP contribution in [0.25, 0.3) is 0 Å². The predicted octanol–water partition coefficient (Wildman–Crippen LogP) is 1.91. The predicted molar refractivity (Wildman–Crippen MR) is 43.3 cm³/mol. The molecule has 0 bridgehead atoms. The third-order valence-electron chi connectivity index (χ3n) is 1.54. The van der Waals surface area contributed by atoms with Gasteiger partial charge in [-0.1, -0.05) is 37.3 Å². The van der Waals surface area contributed by atoms with Crippen LogP contribution in [0.15, 0.2) is 30.3 Å². The van der Waals surface area contributed by atoms with Crippen LogP contribution in [0.4, 0.5) is 0 Å². The highest BCUT2D eigenvalue weighted by Gasteiger charge is 1.99. The summed E-state index contributed by atoms with van der Waals surface area (Å²) in [5.41, 5.74) is 6.90. The molecule has 1 unspecified atom stereocenters. The van der Waals surface area contributed by atoms with Gasteiger partial charge in [-0.2, -0.15) is 0 Å². The fourth-order valence-corrected chi connectivity index (χ4v) is 0.867. The van der Waals surface area contributed by atoms with Crippen molar-refractivity contribution in [3.63, 3.8) is 0 Å². The molecule has 0 saturated heterocycles. The van der Waals surface area contributed by atoms with Gasteiger partial charge in [-0.15, -0.1) is 0 Å². The Bertz CT molecular complexity index is 181. The second-order valence-corrected chi connectivity index (χ2v) is 2.31. The summed E-state index contributed by atoms with van der Waals surface area (Å²) in [6, 6.07) is 10.1. The molecular weight excluding hydrogens is 122 g/mol. The Labute approximate surface area is 61.9 Å². The lowest BCUT2D eigenvalue weighted by Crippen LogP contribution is -2.07. The lowest BCUT2D eigenvalue weighted by molar-refractivity contribution is 0.739. The summed E-state index contributed by atoms with van der Waals surface area (Å²) in [4.78, 5) is 0. The molecule has 1 aromatic rings. The summed E-state index contributed by atoms with van der Waals surface area (Å²) < 4.78 is 0. The van der Waals surface area contributed by atoms with E-state index in [-0.39, 0.29) is 6.04 Å². The smallest absolute Gasteiger partial charge is 0.0294 e. The fraction of sp³-hybridized carbons (Fsp3) is 0.222. The first-order chi connectivity index (χ1) is 4.84. The molecule has 0 spiro atoms. The van der Waals surface area contributed by atoms with E-state index >= 15 is 0 Å². The minimum atomic E-state index is 0.0983. The lowest BCUT2D eigenvalue weighted by Gasteiger charge is -2.06. The van der Waals surface area contributed by atoms with E-state index in [0.29, 0.717) is 0 Å². The summed E-state index contributed by atoms with van der Waals surface area (Å²) in [5.74, 6) is 0. The Balaban J connectivity index is 2.75. The van der Waals surface area contributed by atoms with Crippen LogP contribution in [-0.4, -0.2) is 0 Å². The molecule has 53 valence electrons. The molecule has 1 heteroatoms. The van der Waals surface area contributed by atoms with Crippen LogP contribution in [0, 0.1) is 6.92 Å². The fourth-order valence-electron chi connectivity index (χ4n) is 0.867. The van der Waals surface area contributed by atoms with E-state index in [4.69, 9.17) is 5.73 Å². The van der Waals surface area contributed by atoms with E-state index in [0.717, 1.165) is 12.0 Å². The van der Waals surface area contributed by atoms with Gasteiger partial charge in [-0.25, -0.2) is 0 Å². The van der Waals surface area contributed by atoms with Gasteiger partial charge >= 0.3 is 0 Å². The molecule has 0 aliphatic rings. The Morgan fingerprint density at radius 3 is 2.40 bits per heavy atom. The molecule has 1 radical (unpaired) electrons. The first kappa shape index (κ1) is 7.29. The monoisotopic (exact) mass is 134 g/mol. The molecule has 0 amide bonds. The zero-order chi connectivity index (χ0) is 7.40. The van der Waals surface area contributed by atoms with E-state index < -0.39 is 0 Å². The summed E-state index contributed by atoms with van der Waals surface area (Å²) in [6.07, 6.45) is 0.754. The van der Waals surface area contributed by atoms with E-state index in [2.05, 4.69) is 6.92 Å². The topological polar surface area (TPSA) is 26.0 Å². The third-order valence-corrected chi connectivity index (χ3v) is 1.54. The van der Waals surface area contributed by atoms with E-state index in [1.165, 1.54) is 0 Å². The van der Waals surface area contributed by atoms with Gasteiger partial charge in [0.1, 0.15) is 0 Å². The maximum absolute atomic E-state index is 5.73. The van der Waals surface area contributed by atoms with Crippen molar-refractivity contribution in [3.05, 3.63) is 42.8 Å². The Kier molecular flexibility index (Phi) is 2.46. The van der Waals surface area contributed by atoms with Crippen molar-refractivity contribution in [2.75, 3.05) is 0 Å². The average molecular weight is 134 g/mol. The minimum absolute atomic E-state index is 0.0983. The molecule has 0 fully saturated rings. The van der Waals surface area contributed by atoms with E-state index in [9.17, 15) is 0 Å². The number of hydrogen-bond donors (Lipinski definition) is 1. The highest BCUT2D eigenvalue weighted by molar-refractivity contribution is 5.18. The zero-order valence-corrected chi connectivity index (χ0v) is 5.96. The summed E-state index contributed by atoms with van der Waals surface area (Å²) in [6.45, 7) is 3.74. The molecule has 2 N–H and O–H groups in total. The summed E-state index contributed by atoms with van der Waals surface area (Å²) in [5, 5.41) is 0. The largest absolute Gasteiger partial charge is 0.324 e. The molecule has 1 aromatic carbocycles. The quantitative estimate of drug-likeness (QED) is 0.657. The molecular formula is C9H12N. The van der Waals surface area contributed by atoms with Crippen LogP contribution in [-0.2, 0) is 0 Å². The van der Waals surface area contributed by atoms with Gasteiger partial charge in [-0.3, -0.25) is 0 Å². The summed E-state index contributed by atoms with van der Waals surface area (Å²) in [7, 11) is 0. The second kappa shape index (κ2) is 3.37. The second-order valence-electron chi connectivity index (χ2n) is 2.31. The van der Waals surface area contributed by atoms with E-state index in [1.807, 2.05) is 30.3 Å². The highest BCUT2D eigenvalue weighted by atomic mass is 14.6. The average Bonchev–Trinajstić information content (AvgIpc) is 2.05. The van der Waals surface area contributed by atoms with Crippen LogP contribution in [0.1, 0.15) is 18.0 Å². The summed E-state index contributed by atoms with van der Waals surface area (Å²) >= 11 is 0. The SMILES string of the molecule is [CH2]CC(N)c1ccccc1. The van der Waals surface area contributed by atoms with Crippen LogP contribution in [0.3, 0.4) is 0 Å². The van der Waals surface area contributed by atoms with Crippen molar-refractivity contribution in [3.8, 4) is 0 Å². The van der Waals surface area contributed by atoms with Crippen LogP contribution in [0.2, 0.25) is 0 Å². The first-order valence-electron chi connectivity index (χ1n) is 3.44. The third kappa shape index (κ3) is 1.58. The van der Waals surface area contributed by atoms with Crippen molar-refractivity contribution in [2.24, 2.45) is 5.73 Å². The lowest BCUT2D eigenvalue weighted by atomic mass is 10.1. The maximum Gasteiger partial charge on any atom is 0.0294 e. The molecule has 0 heterocycles. The molecule has 10 heavy (non-hydrogen) atoms. The zero-order valence-electron chi connectivity index (χ0n) is 5.96. The highest BCUT2D eigenvalue weighted by Crippen LogP contribution is 2.11. The molecule has 0 aliphatic heterocycles. The Morgan fingerprint density at radius 1 is 1.30 bits per heavy atom. The van der Waals surface area contributed by atoms with Gasteiger partial charge in [0.05, 0.1) is 0 Å². The van der Waals surface area contributed by atoms with Crippen molar-refractivity contribution in [2.45, 2.75) is 12.5 Å². The molecule has 1 atom stereocenters. The van der Waals surface area contributed by atoms with Crippen LogP contribution >= 0.6 is 0 Å². The number of rotatable bonds is 2. The maximum atomic E-state index is 5.73. The minimum Gasteiger partial charge on any atom is -0.324 e. The van der Waals surface area contributed by atoms with Gasteiger partial charge in [-0.05, 0) is 12.0 Å². The normalized spacial score (nSPS) is 13.0. The number of benzene rings is 1. The Morgan fingerprint density at radius 2 is 1.90 bits per heavy atom. The van der Waals surface area contributed by atoms with E-state index in [1.54, 1.807) is 0 Å². The molecule has 0 saturated carbocycles. The molecule has 0 aliphatic carbocycles. The first-order valence-corrected chi connectivity index (χ1v) is 3.44. The Hall–Kier alpha value is -0.820. The van der Waals surface area contributed by atoms with Gasteiger partial charge in [0.15, 0.2) is 0 Å². The van der Waals surface area contributed by atoms with Crippen molar-refractivity contribution in [1.29, 1.82) is 0 Å². The van der Waals surface area contributed by atoms with Gasteiger partial charge < -0.3 is 5.73 Å². The molecule has 1 nitrogen and oxygen atoms in total. The molecule has 0 aromatic heterocycles. The van der Waals surface area contributed by atoms with Crippen LogP contribution in [0.5, 0.6) is 0 Å². The van der Waals surface area contributed by atoms with Gasteiger partial charge in [0.25, 0.3) is 0 Å². The van der Waals surface area contributed by atoms with Crippen LogP contribution < -0.4 is 5.73 Å². The number of hydrogen-bond acceptors (Lipinski definition) is 1. The van der Waals surface area contributed by atoms with Crippen molar-refractivity contribution >= 4 is 0 Å². The standard InChI is InChI=1S/C9H12N/c1-2-9(10)8-6-4-3-5-7-8/h3-7,9H,1-2,10H2. The van der Waals surface area contributed by atoms with Gasteiger partial charge in [0.2, 0.25) is 0 Å². The molecule has 1 rings (SSSR count). The van der Waals surface area contributed by atoms with Gasteiger partial charge in [0, 0.05) is 6.04 Å². The number of nitrogens with two attached hydrogens (primary N) is 1. The van der Waals surface area contributed by atoms with Crippen molar-refractivity contribution in [1.82, 2.24) is 0 Å².